The number of nitrogens with two attached hydrogens (primary N) is 1. The normalized spacial score (nSPS) is 16.6. The van der Waals surface area contributed by atoms with Gasteiger partial charge in [0.2, 0.25) is 0 Å². The number of ether oxygens (including phenoxy) is 1. The standard InChI is InChI=1S/C16H24N2O3S/c1-16(2,3)21-15(20)18-7-4-11(5-8-18)10-12-6-9-22-13(12)14(17)19/h6,9,11H,4-5,7-8,10H2,1-3H3,(H2,17,19). The molecule has 2 N–H and O–H groups in total. The van der Waals surface area contributed by atoms with Crippen molar-refractivity contribution in [3.63, 3.8) is 0 Å². The van der Waals surface area contributed by atoms with Crippen molar-refractivity contribution in [1.29, 1.82) is 0 Å². The summed E-state index contributed by atoms with van der Waals surface area (Å²) < 4.78 is 5.40. The monoisotopic (exact) mass is 324 g/mol. The molecule has 0 radical (unpaired) electrons. The lowest BCUT2D eigenvalue weighted by Crippen LogP contribution is -2.42. The fraction of sp³-hybridized carbons (Fsp3) is 0.625. The second kappa shape index (κ2) is 6.69. The van der Waals surface area contributed by atoms with Gasteiger partial charge in [0.05, 0.1) is 4.88 Å². The topological polar surface area (TPSA) is 72.6 Å². The van der Waals surface area contributed by atoms with Crippen molar-refractivity contribution in [1.82, 2.24) is 4.90 Å². The van der Waals surface area contributed by atoms with E-state index in [9.17, 15) is 9.59 Å². The summed E-state index contributed by atoms with van der Waals surface area (Å²) in [6, 6.07) is 1.98. The van der Waals surface area contributed by atoms with Crippen molar-refractivity contribution in [2.75, 3.05) is 13.1 Å². The van der Waals surface area contributed by atoms with Gasteiger partial charge in [-0.3, -0.25) is 4.79 Å². The minimum absolute atomic E-state index is 0.237. The highest BCUT2D eigenvalue weighted by Crippen LogP contribution is 2.26. The highest BCUT2D eigenvalue weighted by Gasteiger charge is 2.27. The lowest BCUT2D eigenvalue weighted by atomic mass is 9.90. The molecule has 1 aromatic rings. The van der Waals surface area contributed by atoms with Crippen LogP contribution in [0.25, 0.3) is 0 Å². The predicted octanol–water partition coefficient (Wildman–Crippen LogP) is 3.04. The van der Waals surface area contributed by atoms with Crippen LogP contribution in [-0.2, 0) is 11.2 Å². The second-order valence-corrected chi connectivity index (χ2v) is 7.67. The molecule has 0 aliphatic carbocycles. The van der Waals surface area contributed by atoms with Crippen molar-refractivity contribution in [3.8, 4) is 0 Å². The highest BCUT2D eigenvalue weighted by atomic mass is 32.1. The van der Waals surface area contributed by atoms with Crippen LogP contribution in [0, 0.1) is 5.92 Å². The SMILES string of the molecule is CC(C)(C)OC(=O)N1CCC(Cc2ccsc2C(N)=O)CC1. The Bertz CT molecular complexity index is 540. The minimum Gasteiger partial charge on any atom is -0.444 e. The van der Waals surface area contributed by atoms with Gasteiger partial charge in [-0.15, -0.1) is 11.3 Å². The summed E-state index contributed by atoms with van der Waals surface area (Å²) in [6.07, 6.45) is 2.46. The molecule has 1 aromatic heterocycles. The Morgan fingerprint density at radius 2 is 2.00 bits per heavy atom. The minimum atomic E-state index is -0.457. The third kappa shape index (κ3) is 4.47. The number of thiophene rings is 1. The maximum absolute atomic E-state index is 12.0. The molecule has 0 aromatic carbocycles. The Hall–Kier alpha value is -1.56. The van der Waals surface area contributed by atoms with Gasteiger partial charge in [-0.25, -0.2) is 4.79 Å². The van der Waals surface area contributed by atoms with Gasteiger partial charge in [-0.05, 0) is 63.0 Å². The van der Waals surface area contributed by atoms with Crippen LogP contribution in [0.5, 0.6) is 0 Å². The van der Waals surface area contributed by atoms with Gasteiger partial charge >= 0.3 is 6.09 Å². The molecule has 2 rings (SSSR count). The number of hydrogen-bond donors (Lipinski definition) is 1. The van der Waals surface area contributed by atoms with Gasteiger partial charge in [0.25, 0.3) is 5.91 Å². The Kier molecular flexibility index (Phi) is 5.11. The van der Waals surface area contributed by atoms with Crippen LogP contribution >= 0.6 is 11.3 Å². The fourth-order valence-corrected chi connectivity index (χ4v) is 3.46. The van der Waals surface area contributed by atoms with Gasteiger partial charge in [0, 0.05) is 13.1 Å². The summed E-state index contributed by atoms with van der Waals surface area (Å²) in [5.41, 5.74) is 5.96. The van der Waals surface area contributed by atoms with Gasteiger partial charge in [0.15, 0.2) is 0 Å². The molecule has 1 aliphatic rings. The number of primary amides is 1. The second-order valence-electron chi connectivity index (χ2n) is 6.75. The molecule has 0 bridgehead atoms. The van der Waals surface area contributed by atoms with Crippen LogP contribution < -0.4 is 5.73 Å². The number of carbonyl (C=O) groups excluding carboxylic acids is 2. The molecule has 6 heteroatoms. The summed E-state index contributed by atoms with van der Waals surface area (Å²) >= 11 is 1.40. The molecule has 0 saturated carbocycles. The first kappa shape index (κ1) is 16.8. The van der Waals surface area contributed by atoms with E-state index in [1.54, 1.807) is 4.90 Å². The van der Waals surface area contributed by atoms with Crippen LogP contribution in [0.15, 0.2) is 11.4 Å². The molecule has 0 unspecified atom stereocenters. The van der Waals surface area contributed by atoms with E-state index in [1.165, 1.54) is 11.3 Å². The zero-order valence-electron chi connectivity index (χ0n) is 13.4. The van der Waals surface area contributed by atoms with Crippen molar-refractivity contribution < 1.29 is 14.3 Å². The predicted molar refractivity (Wildman–Crippen MR) is 87.1 cm³/mol. The van der Waals surface area contributed by atoms with E-state index in [0.29, 0.717) is 23.9 Å². The zero-order chi connectivity index (χ0) is 16.3. The Labute approximate surface area is 135 Å². The van der Waals surface area contributed by atoms with Crippen LogP contribution in [0.4, 0.5) is 4.79 Å². The molecule has 2 heterocycles. The maximum atomic E-state index is 12.0. The van der Waals surface area contributed by atoms with Crippen molar-refractivity contribution in [2.24, 2.45) is 11.7 Å². The molecular weight excluding hydrogens is 300 g/mol. The largest absolute Gasteiger partial charge is 0.444 e. The van der Waals surface area contributed by atoms with Crippen molar-refractivity contribution in [2.45, 2.75) is 45.6 Å². The number of hydrogen-bond acceptors (Lipinski definition) is 4. The molecule has 22 heavy (non-hydrogen) atoms. The summed E-state index contributed by atoms with van der Waals surface area (Å²) in [5, 5.41) is 1.91. The third-order valence-electron chi connectivity index (χ3n) is 3.75. The molecule has 122 valence electrons. The molecule has 2 amide bonds. The quantitative estimate of drug-likeness (QED) is 0.929. The van der Waals surface area contributed by atoms with Gasteiger partial charge < -0.3 is 15.4 Å². The average Bonchev–Trinajstić information content (AvgIpc) is 2.86. The summed E-state index contributed by atoms with van der Waals surface area (Å²) in [6.45, 7) is 7.03. The molecule has 0 atom stereocenters. The number of rotatable bonds is 3. The Morgan fingerprint density at radius 1 is 1.36 bits per heavy atom. The zero-order valence-corrected chi connectivity index (χ0v) is 14.2. The molecular formula is C16H24N2O3S. The summed E-state index contributed by atoms with van der Waals surface area (Å²) in [4.78, 5) is 25.8. The lowest BCUT2D eigenvalue weighted by molar-refractivity contribution is 0.0184. The van der Waals surface area contributed by atoms with Gasteiger partial charge in [0.1, 0.15) is 5.60 Å². The third-order valence-corrected chi connectivity index (χ3v) is 4.72. The van der Waals surface area contributed by atoms with E-state index < -0.39 is 5.60 Å². The number of carbonyl (C=O) groups is 2. The van der Waals surface area contributed by atoms with E-state index in [2.05, 4.69) is 0 Å². The highest BCUT2D eigenvalue weighted by molar-refractivity contribution is 7.12. The van der Waals surface area contributed by atoms with E-state index in [4.69, 9.17) is 10.5 Å². The van der Waals surface area contributed by atoms with Crippen LogP contribution in [-0.4, -0.2) is 35.6 Å². The summed E-state index contributed by atoms with van der Waals surface area (Å²) in [7, 11) is 0. The molecule has 1 fully saturated rings. The lowest BCUT2D eigenvalue weighted by Gasteiger charge is -2.33. The Morgan fingerprint density at radius 3 is 2.55 bits per heavy atom. The first-order valence-electron chi connectivity index (χ1n) is 7.60. The maximum Gasteiger partial charge on any atom is 0.410 e. The smallest absolute Gasteiger partial charge is 0.410 e. The van der Waals surface area contributed by atoms with E-state index in [-0.39, 0.29) is 12.0 Å². The first-order chi connectivity index (χ1) is 10.3. The fourth-order valence-electron chi connectivity index (χ4n) is 2.67. The number of amides is 2. The van der Waals surface area contributed by atoms with Crippen LogP contribution in [0.3, 0.4) is 0 Å². The average molecular weight is 324 g/mol. The van der Waals surface area contributed by atoms with E-state index in [0.717, 1.165) is 24.8 Å². The Balaban J connectivity index is 1.86. The van der Waals surface area contributed by atoms with Crippen LogP contribution in [0.1, 0.15) is 48.8 Å². The summed E-state index contributed by atoms with van der Waals surface area (Å²) in [5.74, 6) is 0.127. The van der Waals surface area contributed by atoms with Crippen molar-refractivity contribution >= 4 is 23.3 Å². The first-order valence-corrected chi connectivity index (χ1v) is 8.48. The van der Waals surface area contributed by atoms with Gasteiger partial charge in [-0.1, -0.05) is 0 Å². The molecule has 1 saturated heterocycles. The molecule has 1 aliphatic heterocycles. The number of piperidine rings is 1. The van der Waals surface area contributed by atoms with Crippen molar-refractivity contribution in [3.05, 3.63) is 21.9 Å². The van der Waals surface area contributed by atoms with E-state index >= 15 is 0 Å². The van der Waals surface area contributed by atoms with Gasteiger partial charge in [-0.2, -0.15) is 0 Å². The number of likely N-dealkylation sites (tertiary alicyclic amines) is 1. The molecule has 0 spiro atoms. The molecule has 5 nitrogen and oxygen atoms in total. The van der Waals surface area contributed by atoms with Crippen LogP contribution in [0.2, 0.25) is 0 Å². The number of nitrogens with zero attached hydrogens (tertiary/aromatic N) is 1. The van der Waals surface area contributed by atoms with E-state index in [1.807, 2.05) is 32.2 Å².